The maximum absolute atomic E-state index is 14.4. The number of hydrogen-bond acceptors (Lipinski definition) is 5. The number of likely N-dealkylation sites (tertiary alicyclic amines) is 1. The molecule has 4 aliphatic rings. The van der Waals surface area contributed by atoms with E-state index >= 15 is 0 Å². The van der Waals surface area contributed by atoms with Gasteiger partial charge in [-0.15, -0.1) is 0 Å². The minimum atomic E-state index is -4.73. The van der Waals surface area contributed by atoms with E-state index in [1.807, 2.05) is 0 Å². The van der Waals surface area contributed by atoms with Crippen LogP contribution in [0.5, 0.6) is 0 Å². The average molecular weight is 617 g/mol. The largest absolute Gasteiger partial charge is 0.418 e. The fourth-order valence-corrected chi connectivity index (χ4v) is 8.18. The van der Waals surface area contributed by atoms with Gasteiger partial charge in [-0.1, -0.05) is 25.7 Å². The summed E-state index contributed by atoms with van der Waals surface area (Å²) in [5.74, 6) is -0.220. The number of hydrazine groups is 1. The number of piperidine rings is 1. The van der Waals surface area contributed by atoms with E-state index in [1.165, 1.54) is 36.2 Å². The number of fused-ring (bicyclic) bond motifs is 1. The number of imidazole rings is 1. The van der Waals surface area contributed by atoms with E-state index in [4.69, 9.17) is 0 Å². The first-order chi connectivity index (χ1) is 20.3. The van der Waals surface area contributed by atoms with Gasteiger partial charge in [-0.2, -0.15) is 26.3 Å². The fraction of sp³-hybridized carbons (Fsp3) is 0.767. The molecular formula is C30H42F6N6O. The highest BCUT2D eigenvalue weighted by atomic mass is 19.4. The number of rotatable bonds is 6. The van der Waals surface area contributed by atoms with Crippen LogP contribution in [0.4, 0.5) is 26.3 Å². The van der Waals surface area contributed by atoms with Crippen LogP contribution in [0.1, 0.15) is 87.9 Å². The summed E-state index contributed by atoms with van der Waals surface area (Å²) in [6, 6.07) is 0.0917. The Morgan fingerprint density at radius 3 is 2.30 bits per heavy atom. The third-order valence-corrected chi connectivity index (χ3v) is 10.8. The van der Waals surface area contributed by atoms with Crippen molar-refractivity contribution in [3.63, 3.8) is 0 Å². The molecular weight excluding hydrogens is 574 g/mol. The third-order valence-electron chi connectivity index (χ3n) is 10.8. The number of aromatic nitrogens is 2. The van der Waals surface area contributed by atoms with Gasteiger partial charge < -0.3 is 0 Å². The van der Waals surface area contributed by atoms with E-state index in [2.05, 4.69) is 22.8 Å². The van der Waals surface area contributed by atoms with Gasteiger partial charge in [0, 0.05) is 31.0 Å². The lowest BCUT2D eigenvalue weighted by atomic mass is 9.65. The zero-order valence-corrected chi connectivity index (χ0v) is 24.7. The van der Waals surface area contributed by atoms with Gasteiger partial charge in [0.2, 0.25) is 0 Å². The molecule has 4 heterocycles. The van der Waals surface area contributed by atoms with E-state index in [0.717, 1.165) is 36.4 Å². The first kappa shape index (κ1) is 30.9. The molecule has 2 aliphatic carbocycles. The average Bonchev–Trinajstić information content (AvgIpc) is 3.51. The maximum Gasteiger partial charge on any atom is 0.418 e. The molecule has 3 unspecified atom stereocenters. The van der Waals surface area contributed by atoms with Crippen molar-refractivity contribution in [1.29, 1.82) is 0 Å². The van der Waals surface area contributed by atoms with Crippen LogP contribution in [0.15, 0.2) is 23.3 Å². The van der Waals surface area contributed by atoms with Crippen LogP contribution in [-0.2, 0) is 6.18 Å². The van der Waals surface area contributed by atoms with E-state index in [9.17, 15) is 31.1 Å². The Labute approximate surface area is 247 Å². The second-order valence-corrected chi connectivity index (χ2v) is 13.3. The number of nitrogens with zero attached hydrogens (tertiary/aromatic N) is 4. The van der Waals surface area contributed by atoms with Crippen molar-refractivity contribution < 1.29 is 26.3 Å². The molecule has 0 amide bonds. The Morgan fingerprint density at radius 2 is 1.67 bits per heavy atom. The molecule has 6 atom stereocenters. The summed E-state index contributed by atoms with van der Waals surface area (Å²) in [6.45, 7) is 2.45. The number of pyridine rings is 1. The van der Waals surface area contributed by atoms with Gasteiger partial charge in [0.1, 0.15) is 0 Å². The van der Waals surface area contributed by atoms with Crippen LogP contribution >= 0.6 is 0 Å². The van der Waals surface area contributed by atoms with Crippen LogP contribution in [-0.4, -0.2) is 57.9 Å². The quantitative estimate of drug-likeness (QED) is 0.395. The molecule has 240 valence electrons. The lowest BCUT2D eigenvalue weighted by Gasteiger charge is -2.46. The fourth-order valence-electron chi connectivity index (χ4n) is 8.18. The van der Waals surface area contributed by atoms with Crippen LogP contribution in [0.2, 0.25) is 0 Å². The van der Waals surface area contributed by atoms with Gasteiger partial charge in [0.05, 0.1) is 29.8 Å². The summed E-state index contributed by atoms with van der Waals surface area (Å²) in [5.41, 5.74) is 5.19. The smallest absolute Gasteiger partial charge is 0.296 e. The highest BCUT2D eigenvalue weighted by Gasteiger charge is 2.45. The van der Waals surface area contributed by atoms with Crippen molar-refractivity contribution in [2.45, 2.75) is 95.3 Å². The molecule has 0 aromatic carbocycles. The first-order valence-electron chi connectivity index (χ1n) is 15.7. The SMILES string of the molecule is C[C@H](c1cc(C(F)(F)F)c2cn(C3CCCC([C@@H](C4CCC4)C4NNCN4C)C3)c(=O)n2c1)N1CCC[C@H](C(F)(F)F)C1. The van der Waals surface area contributed by atoms with Crippen LogP contribution < -0.4 is 16.5 Å². The Kier molecular flexibility index (Phi) is 8.40. The Hall–Kier alpha value is -2.09. The minimum Gasteiger partial charge on any atom is -0.296 e. The molecule has 7 nitrogen and oxygen atoms in total. The summed E-state index contributed by atoms with van der Waals surface area (Å²) < 4.78 is 86.2. The molecule has 0 bridgehead atoms. The van der Waals surface area contributed by atoms with Crippen molar-refractivity contribution in [2.75, 3.05) is 26.8 Å². The molecule has 2 aromatic rings. The second-order valence-electron chi connectivity index (χ2n) is 13.3. The van der Waals surface area contributed by atoms with Crippen molar-refractivity contribution in [1.82, 2.24) is 29.6 Å². The highest BCUT2D eigenvalue weighted by molar-refractivity contribution is 5.56. The van der Waals surface area contributed by atoms with E-state index < -0.39 is 35.6 Å². The molecule has 2 saturated heterocycles. The van der Waals surface area contributed by atoms with Crippen molar-refractivity contribution in [3.05, 3.63) is 40.1 Å². The molecule has 2 aromatic heterocycles. The summed E-state index contributed by atoms with van der Waals surface area (Å²) in [6.07, 6.45) is 1.08. The molecule has 13 heteroatoms. The van der Waals surface area contributed by atoms with Crippen molar-refractivity contribution in [3.8, 4) is 0 Å². The molecule has 2 N–H and O–H groups in total. The minimum absolute atomic E-state index is 0.00938. The van der Waals surface area contributed by atoms with Crippen molar-refractivity contribution >= 4 is 5.52 Å². The number of hydrogen-bond donors (Lipinski definition) is 2. The predicted molar refractivity (Wildman–Crippen MR) is 150 cm³/mol. The van der Waals surface area contributed by atoms with Crippen LogP contribution in [0.3, 0.4) is 0 Å². The lowest BCUT2D eigenvalue weighted by molar-refractivity contribution is -0.188. The Balaban J connectivity index is 1.32. The molecule has 6 rings (SSSR count). The third kappa shape index (κ3) is 5.98. The molecule has 2 saturated carbocycles. The molecule has 43 heavy (non-hydrogen) atoms. The van der Waals surface area contributed by atoms with Gasteiger partial charge in [0.25, 0.3) is 0 Å². The Morgan fingerprint density at radius 1 is 0.953 bits per heavy atom. The normalized spacial score (nSPS) is 30.0. The molecule has 2 aliphatic heterocycles. The summed E-state index contributed by atoms with van der Waals surface area (Å²) >= 11 is 0. The van der Waals surface area contributed by atoms with Gasteiger partial charge in [-0.25, -0.2) is 15.6 Å². The van der Waals surface area contributed by atoms with Gasteiger partial charge in [-0.05, 0) is 82.0 Å². The lowest BCUT2D eigenvalue weighted by Crippen LogP contribution is -2.50. The maximum atomic E-state index is 14.4. The van der Waals surface area contributed by atoms with Crippen molar-refractivity contribution in [2.24, 2.45) is 23.7 Å². The second kappa shape index (κ2) is 11.7. The molecule has 4 fully saturated rings. The predicted octanol–water partition coefficient (Wildman–Crippen LogP) is 5.93. The van der Waals surface area contributed by atoms with Gasteiger partial charge in [0.15, 0.2) is 0 Å². The summed E-state index contributed by atoms with van der Waals surface area (Å²) in [7, 11) is 2.08. The monoisotopic (exact) mass is 616 g/mol. The highest BCUT2D eigenvalue weighted by Crippen LogP contribution is 2.47. The van der Waals surface area contributed by atoms with Crippen LogP contribution in [0, 0.1) is 23.7 Å². The number of nitrogens with one attached hydrogen (secondary N) is 2. The standard InChI is InChI=1S/C30H42F6N6O/c1-18(40-11-5-9-22(15-40)29(31,32)33)21-13-24(30(34,35)36)25-16-41(28(43)42(25)14-21)23-10-4-8-20(12-23)26(19-6-3-7-19)27-38-37-17-39(27)2/h13-14,16,18-20,22-23,26-27,37-38H,3-12,15,17H2,1-2H3/t18-,20?,22+,23?,26-,27?/m1/s1. The molecule has 0 spiro atoms. The number of halogens is 6. The summed E-state index contributed by atoms with van der Waals surface area (Å²) in [4.78, 5) is 17.6. The van der Waals surface area contributed by atoms with Gasteiger partial charge >= 0.3 is 18.0 Å². The van der Waals surface area contributed by atoms with E-state index in [0.29, 0.717) is 37.1 Å². The first-order valence-corrected chi connectivity index (χ1v) is 15.7. The van der Waals surface area contributed by atoms with Gasteiger partial charge in [-0.3, -0.25) is 18.8 Å². The summed E-state index contributed by atoms with van der Waals surface area (Å²) in [5, 5.41) is 0. The molecule has 0 radical (unpaired) electrons. The Bertz CT molecular complexity index is 1350. The zero-order valence-electron chi connectivity index (χ0n) is 24.7. The zero-order chi connectivity index (χ0) is 30.7. The van der Waals surface area contributed by atoms with Crippen LogP contribution in [0.25, 0.3) is 5.52 Å². The topological polar surface area (TPSA) is 57.0 Å². The van der Waals surface area contributed by atoms with E-state index in [1.54, 1.807) is 11.8 Å². The number of alkyl halides is 6. The van der Waals surface area contributed by atoms with E-state index in [-0.39, 0.29) is 36.3 Å².